The predicted molar refractivity (Wildman–Crippen MR) is 52.3 cm³/mol. The summed E-state index contributed by atoms with van der Waals surface area (Å²) in [5.74, 6) is 0. The van der Waals surface area contributed by atoms with Gasteiger partial charge in [-0.1, -0.05) is 6.42 Å². The highest BCUT2D eigenvalue weighted by Gasteiger charge is 2.36. The van der Waals surface area contributed by atoms with Crippen LogP contribution in [0.5, 0.6) is 0 Å². The Morgan fingerprint density at radius 3 is 2.77 bits per heavy atom. The van der Waals surface area contributed by atoms with Crippen molar-refractivity contribution in [3.63, 3.8) is 0 Å². The Bertz CT molecular complexity index is 281. The Morgan fingerprint density at radius 2 is 2.38 bits per heavy atom. The van der Waals surface area contributed by atoms with Crippen molar-refractivity contribution in [2.24, 2.45) is 18.2 Å². The molecule has 0 bridgehead atoms. The molecule has 13 heavy (non-hydrogen) atoms. The molecule has 3 heteroatoms. The molecule has 1 saturated carbocycles. The molecule has 0 aliphatic heterocycles. The van der Waals surface area contributed by atoms with Gasteiger partial charge >= 0.3 is 0 Å². The molecule has 0 aromatic carbocycles. The highest BCUT2D eigenvalue weighted by Crippen LogP contribution is 2.42. The van der Waals surface area contributed by atoms with E-state index in [0.29, 0.717) is 5.41 Å². The molecule has 2 N–H and O–H groups in total. The Labute approximate surface area is 78.9 Å². The molecule has 1 fully saturated rings. The summed E-state index contributed by atoms with van der Waals surface area (Å²) >= 11 is 0. The summed E-state index contributed by atoms with van der Waals surface area (Å²) < 4.78 is 1.86. The minimum atomic E-state index is 0.383. The van der Waals surface area contributed by atoms with Gasteiger partial charge in [-0.2, -0.15) is 5.10 Å². The largest absolute Gasteiger partial charge is 0.330 e. The molecule has 0 amide bonds. The summed E-state index contributed by atoms with van der Waals surface area (Å²) in [5, 5.41) is 4.39. The Balaban J connectivity index is 2.04. The maximum atomic E-state index is 5.79. The molecule has 1 aromatic heterocycles. The van der Waals surface area contributed by atoms with Crippen molar-refractivity contribution in [1.82, 2.24) is 9.78 Å². The van der Waals surface area contributed by atoms with E-state index in [0.717, 1.165) is 13.0 Å². The first kappa shape index (κ1) is 8.75. The fourth-order valence-corrected chi connectivity index (χ4v) is 2.07. The van der Waals surface area contributed by atoms with Crippen LogP contribution in [0, 0.1) is 5.41 Å². The van der Waals surface area contributed by atoms with Crippen LogP contribution in [0.15, 0.2) is 12.3 Å². The fourth-order valence-electron chi connectivity index (χ4n) is 2.07. The summed E-state index contributed by atoms with van der Waals surface area (Å²) in [6.45, 7) is 0.809. The lowest BCUT2D eigenvalue weighted by Crippen LogP contribution is -2.39. The van der Waals surface area contributed by atoms with Crippen molar-refractivity contribution in [2.75, 3.05) is 6.54 Å². The van der Waals surface area contributed by atoms with E-state index in [1.165, 1.54) is 25.0 Å². The van der Waals surface area contributed by atoms with Crippen LogP contribution in [0.1, 0.15) is 25.0 Å². The van der Waals surface area contributed by atoms with Gasteiger partial charge in [0.2, 0.25) is 0 Å². The van der Waals surface area contributed by atoms with Gasteiger partial charge in [-0.15, -0.1) is 0 Å². The molecule has 2 rings (SSSR count). The molecule has 1 aromatic rings. The molecule has 1 aliphatic carbocycles. The van der Waals surface area contributed by atoms with Crippen LogP contribution in [0.4, 0.5) is 0 Å². The second kappa shape index (κ2) is 3.14. The van der Waals surface area contributed by atoms with Crippen LogP contribution < -0.4 is 5.73 Å². The molecule has 1 aliphatic rings. The van der Waals surface area contributed by atoms with E-state index in [9.17, 15) is 0 Å². The van der Waals surface area contributed by atoms with Gasteiger partial charge in [0.05, 0.1) is 5.69 Å². The maximum absolute atomic E-state index is 5.79. The Kier molecular flexibility index (Phi) is 2.12. The van der Waals surface area contributed by atoms with Gasteiger partial charge in [0.25, 0.3) is 0 Å². The SMILES string of the molecule is Cn1ccc(CC2(CN)CCC2)n1. The summed E-state index contributed by atoms with van der Waals surface area (Å²) in [6, 6.07) is 2.09. The van der Waals surface area contributed by atoms with Crippen LogP contribution in [0.3, 0.4) is 0 Å². The summed E-state index contributed by atoms with van der Waals surface area (Å²) in [6.07, 6.45) is 6.95. The third-order valence-electron chi connectivity index (χ3n) is 3.17. The van der Waals surface area contributed by atoms with Gasteiger partial charge in [0, 0.05) is 13.2 Å². The van der Waals surface area contributed by atoms with Gasteiger partial charge in [-0.25, -0.2) is 0 Å². The zero-order valence-electron chi connectivity index (χ0n) is 8.16. The fraction of sp³-hybridized carbons (Fsp3) is 0.700. The second-order valence-electron chi connectivity index (χ2n) is 4.22. The van der Waals surface area contributed by atoms with E-state index in [1.807, 2.05) is 17.9 Å². The van der Waals surface area contributed by atoms with Crippen LogP contribution in [-0.4, -0.2) is 16.3 Å². The van der Waals surface area contributed by atoms with Crippen molar-refractivity contribution < 1.29 is 0 Å². The summed E-state index contributed by atoms with van der Waals surface area (Å²) in [4.78, 5) is 0. The standard InChI is InChI=1S/C10H17N3/c1-13-6-3-9(12-13)7-10(8-11)4-2-5-10/h3,6H,2,4-5,7-8,11H2,1H3. The number of nitrogens with two attached hydrogens (primary N) is 1. The van der Waals surface area contributed by atoms with Gasteiger partial charge in [0.1, 0.15) is 0 Å². The normalized spacial score (nSPS) is 19.8. The minimum Gasteiger partial charge on any atom is -0.330 e. The average Bonchev–Trinajstić information content (AvgIpc) is 2.44. The Hall–Kier alpha value is -0.830. The summed E-state index contributed by atoms with van der Waals surface area (Å²) in [7, 11) is 1.96. The van der Waals surface area contributed by atoms with Crippen LogP contribution >= 0.6 is 0 Å². The van der Waals surface area contributed by atoms with E-state index in [4.69, 9.17) is 5.73 Å². The van der Waals surface area contributed by atoms with E-state index in [-0.39, 0.29) is 0 Å². The number of hydrogen-bond donors (Lipinski definition) is 1. The van der Waals surface area contributed by atoms with E-state index in [1.54, 1.807) is 0 Å². The highest BCUT2D eigenvalue weighted by atomic mass is 15.2. The predicted octanol–water partition coefficient (Wildman–Crippen LogP) is 1.09. The van der Waals surface area contributed by atoms with Crippen LogP contribution in [0.2, 0.25) is 0 Å². The molecular weight excluding hydrogens is 162 g/mol. The van der Waals surface area contributed by atoms with Gasteiger partial charge in [-0.3, -0.25) is 4.68 Å². The monoisotopic (exact) mass is 179 g/mol. The zero-order valence-corrected chi connectivity index (χ0v) is 8.16. The van der Waals surface area contributed by atoms with Crippen LogP contribution in [0.25, 0.3) is 0 Å². The number of rotatable bonds is 3. The number of nitrogens with zero attached hydrogens (tertiary/aromatic N) is 2. The van der Waals surface area contributed by atoms with Gasteiger partial charge in [0.15, 0.2) is 0 Å². The van der Waals surface area contributed by atoms with Crippen molar-refractivity contribution in [3.05, 3.63) is 18.0 Å². The lowest BCUT2D eigenvalue weighted by molar-refractivity contribution is 0.143. The quantitative estimate of drug-likeness (QED) is 0.755. The smallest absolute Gasteiger partial charge is 0.0630 e. The molecule has 0 atom stereocenters. The Morgan fingerprint density at radius 1 is 1.62 bits per heavy atom. The molecule has 0 radical (unpaired) electrons. The lowest BCUT2D eigenvalue weighted by Gasteiger charge is -2.40. The van der Waals surface area contributed by atoms with Crippen LogP contribution in [-0.2, 0) is 13.5 Å². The molecule has 0 spiro atoms. The van der Waals surface area contributed by atoms with E-state index in [2.05, 4.69) is 11.2 Å². The first-order chi connectivity index (χ1) is 6.24. The summed E-state index contributed by atoms with van der Waals surface area (Å²) in [5.41, 5.74) is 7.36. The third-order valence-corrected chi connectivity index (χ3v) is 3.17. The number of hydrogen-bond acceptors (Lipinski definition) is 2. The lowest BCUT2D eigenvalue weighted by atomic mass is 9.66. The van der Waals surface area contributed by atoms with Crippen molar-refractivity contribution >= 4 is 0 Å². The average molecular weight is 179 g/mol. The molecular formula is C10H17N3. The van der Waals surface area contributed by atoms with Crippen molar-refractivity contribution in [1.29, 1.82) is 0 Å². The minimum absolute atomic E-state index is 0.383. The van der Waals surface area contributed by atoms with Crippen molar-refractivity contribution in [2.45, 2.75) is 25.7 Å². The highest BCUT2D eigenvalue weighted by molar-refractivity contribution is 5.05. The second-order valence-corrected chi connectivity index (χ2v) is 4.22. The molecule has 72 valence electrons. The topological polar surface area (TPSA) is 43.8 Å². The number of aryl methyl sites for hydroxylation is 1. The molecule has 0 unspecified atom stereocenters. The first-order valence-electron chi connectivity index (χ1n) is 4.93. The van der Waals surface area contributed by atoms with E-state index >= 15 is 0 Å². The van der Waals surface area contributed by atoms with E-state index < -0.39 is 0 Å². The molecule has 3 nitrogen and oxygen atoms in total. The molecule has 1 heterocycles. The third kappa shape index (κ3) is 1.61. The first-order valence-corrected chi connectivity index (χ1v) is 4.93. The van der Waals surface area contributed by atoms with Gasteiger partial charge < -0.3 is 5.73 Å². The van der Waals surface area contributed by atoms with Gasteiger partial charge in [-0.05, 0) is 37.3 Å². The molecule has 0 saturated heterocycles. The zero-order chi connectivity index (χ0) is 9.31. The number of aromatic nitrogens is 2. The maximum Gasteiger partial charge on any atom is 0.0630 e. The van der Waals surface area contributed by atoms with Crippen molar-refractivity contribution in [3.8, 4) is 0 Å².